The fraction of sp³-hybridized carbons (Fsp3) is 1.00. The number of rotatable bonds is 6. The van der Waals surface area contributed by atoms with Gasteiger partial charge in [-0.2, -0.15) is 0 Å². The Hall–Kier alpha value is 0.0649. The van der Waals surface area contributed by atoms with Crippen molar-refractivity contribution in [1.29, 1.82) is 0 Å². The summed E-state index contributed by atoms with van der Waals surface area (Å²) in [4.78, 5) is 0. The van der Waals surface area contributed by atoms with Crippen molar-refractivity contribution in [3.05, 3.63) is 0 Å². The Morgan fingerprint density at radius 2 is 1.83 bits per heavy atom. The third-order valence-corrected chi connectivity index (χ3v) is 3.19. The molecule has 0 amide bonds. The normalized spacial score (nSPS) is 18.4. The van der Waals surface area contributed by atoms with Crippen molar-refractivity contribution in [3.63, 3.8) is 0 Å². The Kier molecular flexibility index (Phi) is 5.55. The van der Waals surface area contributed by atoms with Crippen molar-refractivity contribution < 1.29 is 0 Å². The van der Waals surface area contributed by atoms with Gasteiger partial charge in [-0.3, -0.25) is 0 Å². The molecule has 0 aliphatic heterocycles. The Morgan fingerprint density at radius 3 is 2.50 bits per heavy atom. The predicted molar refractivity (Wildman–Crippen MR) is 58.3 cm³/mol. The third-order valence-electron chi connectivity index (χ3n) is 3.19. The van der Waals surface area contributed by atoms with Crippen LogP contribution in [0, 0.1) is 0 Å². The molecule has 0 spiro atoms. The SMILES string of the molecule is CCCCCCBC1CCCC1. The van der Waals surface area contributed by atoms with E-state index in [1.807, 2.05) is 0 Å². The lowest BCUT2D eigenvalue weighted by Gasteiger charge is -2.05. The first-order valence-electron chi connectivity index (χ1n) is 5.93. The summed E-state index contributed by atoms with van der Waals surface area (Å²) in [5, 5.41) is 0. The van der Waals surface area contributed by atoms with Gasteiger partial charge in [-0.1, -0.05) is 70.4 Å². The number of hydrogen-bond donors (Lipinski definition) is 0. The van der Waals surface area contributed by atoms with E-state index in [0.29, 0.717) is 0 Å². The highest BCUT2D eigenvalue weighted by atomic mass is 14.1. The van der Waals surface area contributed by atoms with Crippen LogP contribution in [0.1, 0.15) is 58.3 Å². The Balaban J connectivity index is 1.81. The third kappa shape index (κ3) is 4.18. The van der Waals surface area contributed by atoms with E-state index >= 15 is 0 Å². The van der Waals surface area contributed by atoms with Gasteiger partial charge >= 0.3 is 0 Å². The van der Waals surface area contributed by atoms with Gasteiger partial charge in [0.1, 0.15) is 7.28 Å². The summed E-state index contributed by atoms with van der Waals surface area (Å²) in [7, 11) is 1.53. The van der Waals surface area contributed by atoms with E-state index in [-0.39, 0.29) is 0 Å². The molecule has 0 nitrogen and oxygen atoms in total. The van der Waals surface area contributed by atoms with Crippen molar-refractivity contribution in [2.24, 2.45) is 0 Å². The predicted octanol–water partition coefficient (Wildman–Crippen LogP) is 3.78. The second-order valence-electron chi connectivity index (χ2n) is 4.35. The van der Waals surface area contributed by atoms with E-state index in [4.69, 9.17) is 0 Å². The van der Waals surface area contributed by atoms with Crippen LogP contribution < -0.4 is 0 Å². The summed E-state index contributed by atoms with van der Waals surface area (Å²) in [6.45, 7) is 2.29. The summed E-state index contributed by atoms with van der Waals surface area (Å²) < 4.78 is 0. The van der Waals surface area contributed by atoms with E-state index in [1.54, 1.807) is 0 Å². The Morgan fingerprint density at radius 1 is 1.08 bits per heavy atom. The lowest BCUT2D eigenvalue weighted by molar-refractivity contribution is 0.696. The fourth-order valence-corrected chi connectivity index (χ4v) is 2.34. The zero-order chi connectivity index (χ0) is 8.65. The van der Waals surface area contributed by atoms with Crippen LogP contribution in [0.5, 0.6) is 0 Å². The first kappa shape index (κ1) is 10.1. The molecule has 1 fully saturated rings. The molecule has 1 aliphatic carbocycles. The van der Waals surface area contributed by atoms with E-state index in [9.17, 15) is 0 Å². The van der Waals surface area contributed by atoms with E-state index in [1.165, 1.54) is 65.0 Å². The molecule has 0 aromatic rings. The zero-order valence-electron chi connectivity index (χ0n) is 8.65. The molecule has 0 aromatic carbocycles. The molecular weight excluding hydrogens is 143 g/mol. The van der Waals surface area contributed by atoms with Crippen molar-refractivity contribution in [2.45, 2.75) is 70.4 Å². The van der Waals surface area contributed by atoms with Crippen molar-refractivity contribution in [3.8, 4) is 0 Å². The quantitative estimate of drug-likeness (QED) is 0.416. The molecule has 0 bridgehead atoms. The lowest BCUT2D eigenvalue weighted by Crippen LogP contribution is -1.98. The zero-order valence-corrected chi connectivity index (χ0v) is 8.65. The molecule has 12 heavy (non-hydrogen) atoms. The van der Waals surface area contributed by atoms with Gasteiger partial charge in [-0.15, -0.1) is 0 Å². The summed E-state index contributed by atoms with van der Waals surface area (Å²) >= 11 is 0. The van der Waals surface area contributed by atoms with Gasteiger partial charge in [0.2, 0.25) is 0 Å². The van der Waals surface area contributed by atoms with Gasteiger partial charge in [0.25, 0.3) is 0 Å². The molecule has 0 radical (unpaired) electrons. The molecule has 1 aliphatic rings. The molecule has 0 unspecified atom stereocenters. The molecule has 1 rings (SSSR count). The minimum atomic E-state index is 1.12. The molecule has 1 saturated carbocycles. The summed E-state index contributed by atoms with van der Waals surface area (Å²) in [6.07, 6.45) is 13.4. The lowest BCUT2D eigenvalue weighted by atomic mass is 9.60. The smallest absolute Gasteiger partial charge is 0.0772 e. The van der Waals surface area contributed by atoms with Crippen molar-refractivity contribution in [2.75, 3.05) is 0 Å². The second kappa shape index (κ2) is 6.57. The largest absolute Gasteiger partial charge is 0.124 e. The molecule has 0 saturated heterocycles. The second-order valence-corrected chi connectivity index (χ2v) is 4.35. The van der Waals surface area contributed by atoms with Gasteiger partial charge in [0.15, 0.2) is 0 Å². The maximum absolute atomic E-state index is 2.29. The van der Waals surface area contributed by atoms with Crippen LogP contribution >= 0.6 is 0 Å². The molecular formula is C11H23B. The molecule has 0 aromatic heterocycles. The summed E-state index contributed by atoms with van der Waals surface area (Å²) in [5.74, 6) is 1.12. The average Bonchev–Trinajstić information content (AvgIpc) is 2.57. The average molecular weight is 166 g/mol. The number of unbranched alkanes of at least 4 members (excludes halogenated alkanes) is 3. The Labute approximate surface area is 78.4 Å². The minimum absolute atomic E-state index is 1.12. The molecule has 0 atom stereocenters. The first-order valence-corrected chi connectivity index (χ1v) is 5.93. The van der Waals surface area contributed by atoms with Crippen LogP contribution in [0.2, 0.25) is 12.1 Å². The topological polar surface area (TPSA) is 0 Å². The molecule has 0 heterocycles. The van der Waals surface area contributed by atoms with Gasteiger partial charge in [0.05, 0.1) is 0 Å². The maximum Gasteiger partial charge on any atom is 0.124 e. The molecule has 0 N–H and O–H groups in total. The highest BCUT2D eigenvalue weighted by molar-refractivity contribution is 6.37. The van der Waals surface area contributed by atoms with Gasteiger partial charge in [0, 0.05) is 0 Å². The number of hydrogen-bond acceptors (Lipinski definition) is 0. The first-order chi connectivity index (χ1) is 5.93. The van der Waals surface area contributed by atoms with E-state index < -0.39 is 0 Å². The minimum Gasteiger partial charge on any atom is -0.0772 e. The van der Waals surface area contributed by atoms with Crippen LogP contribution in [0.3, 0.4) is 0 Å². The molecule has 70 valence electrons. The van der Waals surface area contributed by atoms with E-state index in [0.717, 1.165) is 5.82 Å². The van der Waals surface area contributed by atoms with Crippen LogP contribution in [-0.2, 0) is 0 Å². The van der Waals surface area contributed by atoms with Crippen LogP contribution in [0.4, 0.5) is 0 Å². The monoisotopic (exact) mass is 166 g/mol. The fourth-order valence-electron chi connectivity index (χ4n) is 2.34. The van der Waals surface area contributed by atoms with Crippen LogP contribution in [-0.4, -0.2) is 7.28 Å². The van der Waals surface area contributed by atoms with Crippen LogP contribution in [0.15, 0.2) is 0 Å². The molecule has 1 heteroatoms. The highest BCUT2D eigenvalue weighted by Gasteiger charge is 2.14. The van der Waals surface area contributed by atoms with Crippen molar-refractivity contribution >= 4 is 7.28 Å². The van der Waals surface area contributed by atoms with Crippen molar-refractivity contribution in [1.82, 2.24) is 0 Å². The highest BCUT2D eigenvalue weighted by Crippen LogP contribution is 2.30. The van der Waals surface area contributed by atoms with Gasteiger partial charge in [-0.25, -0.2) is 0 Å². The summed E-state index contributed by atoms with van der Waals surface area (Å²) in [6, 6.07) is 0. The maximum atomic E-state index is 2.29. The van der Waals surface area contributed by atoms with E-state index in [2.05, 4.69) is 6.92 Å². The standard InChI is InChI=1S/C11H23B/c1-2-3-4-7-10-12-11-8-5-6-9-11/h11-12H,2-10H2,1H3. The Bertz CT molecular complexity index is 95.2. The summed E-state index contributed by atoms with van der Waals surface area (Å²) in [5.41, 5.74) is 0. The van der Waals surface area contributed by atoms with Gasteiger partial charge in [-0.05, 0) is 0 Å². The van der Waals surface area contributed by atoms with Gasteiger partial charge < -0.3 is 0 Å². The van der Waals surface area contributed by atoms with Crippen LogP contribution in [0.25, 0.3) is 0 Å².